The smallest absolute Gasteiger partial charge is 0.131 e. The molecule has 0 saturated carbocycles. The third-order valence-electron chi connectivity index (χ3n) is 3.62. The zero-order chi connectivity index (χ0) is 13.0. The Bertz CT molecular complexity index is 380. The lowest BCUT2D eigenvalue weighted by atomic mass is 10.0. The highest BCUT2D eigenvalue weighted by atomic mass is 35.5. The predicted molar refractivity (Wildman–Crippen MR) is 74.2 cm³/mol. The van der Waals surface area contributed by atoms with E-state index in [-0.39, 0.29) is 6.61 Å². The molecule has 1 aromatic rings. The SMILES string of the molecule is CN(CCO)C1CCN(c2ccnc(Cl)c2)CC1. The maximum Gasteiger partial charge on any atom is 0.131 e. The van der Waals surface area contributed by atoms with Crippen LogP contribution < -0.4 is 4.90 Å². The minimum Gasteiger partial charge on any atom is -0.395 e. The monoisotopic (exact) mass is 269 g/mol. The molecule has 0 bridgehead atoms. The summed E-state index contributed by atoms with van der Waals surface area (Å²) in [5.41, 5.74) is 1.15. The molecule has 18 heavy (non-hydrogen) atoms. The number of hydrogen-bond donors (Lipinski definition) is 1. The second kappa shape index (κ2) is 6.36. The van der Waals surface area contributed by atoms with E-state index in [0.29, 0.717) is 11.2 Å². The molecule has 0 unspecified atom stereocenters. The van der Waals surface area contributed by atoms with Crippen LogP contribution in [-0.2, 0) is 0 Å². The standard InChI is InChI=1S/C13H20ClN3O/c1-16(8-9-18)11-3-6-17(7-4-11)12-2-5-15-13(14)10-12/h2,5,10-11,18H,3-4,6-9H2,1H3. The number of pyridine rings is 1. The Hall–Kier alpha value is -0.840. The van der Waals surface area contributed by atoms with E-state index in [2.05, 4.69) is 21.8 Å². The van der Waals surface area contributed by atoms with Gasteiger partial charge in [0.2, 0.25) is 0 Å². The predicted octanol–water partition coefficient (Wildman–Crippen LogP) is 1.63. The normalized spacial score (nSPS) is 17.4. The van der Waals surface area contributed by atoms with Crippen molar-refractivity contribution in [2.24, 2.45) is 0 Å². The van der Waals surface area contributed by atoms with Crippen molar-refractivity contribution in [3.63, 3.8) is 0 Å². The van der Waals surface area contributed by atoms with Crippen LogP contribution in [0.4, 0.5) is 5.69 Å². The molecule has 0 aromatic carbocycles. The Morgan fingerprint density at radius 3 is 2.83 bits per heavy atom. The molecule has 1 N–H and O–H groups in total. The lowest BCUT2D eigenvalue weighted by molar-refractivity contribution is 0.162. The van der Waals surface area contributed by atoms with Crippen LogP contribution in [0.5, 0.6) is 0 Å². The second-order valence-corrected chi connectivity index (χ2v) is 5.15. The largest absolute Gasteiger partial charge is 0.395 e. The molecular weight excluding hydrogens is 250 g/mol. The van der Waals surface area contributed by atoms with Crippen molar-refractivity contribution in [1.82, 2.24) is 9.88 Å². The first-order chi connectivity index (χ1) is 8.70. The summed E-state index contributed by atoms with van der Waals surface area (Å²) in [5, 5.41) is 9.50. The summed E-state index contributed by atoms with van der Waals surface area (Å²) >= 11 is 5.91. The zero-order valence-corrected chi connectivity index (χ0v) is 11.5. The molecule has 1 aliphatic rings. The van der Waals surface area contributed by atoms with E-state index in [9.17, 15) is 0 Å². The summed E-state index contributed by atoms with van der Waals surface area (Å²) < 4.78 is 0. The summed E-state index contributed by atoms with van der Waals surface area (Å²) in [5.74, 6) is 0. The van der Waals surface area contributed by atoms with Crippen molar-refractivity contribution in [1.29, 1.82) is 0 Å². The fraction of sp³-hybridized carbons (Fsp3) is 0.615. The lowest BCUT2D eigenvalue weighted by Gasteiger charge is -2.37. The summed E-state index contributed by atoms with van der Waals surface area (Å²) in [4.78, 5) is 8.60. The van der Waals surface area contributed by atoms with E-state index >= 15 is 0 Å². The van der Waals surface area contributed by atoms with Gasteiger partial charge in [0.05, 0.1) is 6.61 Å². The maximum absolute atomic E-state index is 8.95. The van der Waals surface area contributed by atoms with Gasteiger partial charge in [-0.15, -0.1) is 0 Å². The zero-order valence-electron chi connectivity index (χ0n) is 10.7. The second-order valence-electron chi connectivity index (χ2n) is 4.76. The highest BCUT2D eigenvalue weighted by Gasteiger charge is 2.22. The maximum atomic E-state index is 8.95. The number of rotatable bonds is 4. The number of hydrogen-bond acceptors (Lipinski definition) is 4. The number of likely N-dealkylation sites (N-methyl/N-ethyl adjacent to an activating group) is 1. The number of anilines is 1. The van der Waals surface area contributed by atoms with Gasteiger partial charge in [-0.05, 0) is 32.0 Å². The molecule has 2 rings (SSSR count). The van der Waals surface area contributed by atoms with Crippen molar-refractivity contribution in [2.45, 2.75) is 18.9 Å². The third-order valence-corrected chi connectivity index (χ3v) is 3.82. The Kier molecular flexibility index (Phi) is 4.80. The molecule has 0 aliphatic carbocycles. The molecule has 1 aliphatic heterocycles. The first-order valence-corrected chi connectivity index (χ1v) is 6.76. The van der Waals surface area contributed by atoms with Crippen LogP contribution in [0.15, 0.2) is 18.3 Å². The first kappa shape index (κ1) is 13.6. The Morgan fingerprint density at radius 2 is 2.22 bits per heavy atom. The molecule has 100 valence electrons. The molecule has 5 heteroatoms. The van der Waals surface area contributed by atoms with Crippen LogP contribution in [0.25, 0.3) is 0 Å². The lowest BCUT2D eigenvalue weighted by Crippen LogP contribution is -2.44. The molecule has 0 radical (unpaired) electrons. The third kappa shape index (κ3) is 3.34. The molecule has 0 amide bonds. The summed E-state index contributed by atoms with van der Waals surface area (Å²) in [7, 11) is 2.08. The summed E-state index contributed by atoms with van der Waals surface area (Å²) in [6.07, 6.45) is 3.99. The van der Waals surface area contributed by atoms with Crippen LogP contribution in [0, 0.1) is 0 Å². The number of aliphatic hydroxyl groups is 1. The highest BCUT2D eigenvalue weighted by Crippen LogP contribution is 2.23. The van der Waals surface area contributed by atoms with Gasteiger partial charge in [0, 0.05) is 37.6 Å². The Balaban J connectivity index is 1.90. The number of aliphatic hydroxyl groups excluding tert-OH is 1. The van der Waals surface area contributed by atoms with Gasteiger partial charge in [-0.3, -0.25) is 0 Å². The van der Waals surface area contributed by atoms with Gasteiger partial charge >= 0.3 is 0 Å². The topological polar surface area (TPSA) is 39.6 Å². The van der Waals surface area contributed by atoms with Crippen LogP contribution >= 0.6 is 11.6 Å². The van der Waals surface area contributed by atoms with Crippen molar-refractivity contribution < 1.29 is 5.11 Å². The molecule has 1 aromatic heterocycles. The number of piperidine rings is 1. The van der Waals surface area contributed by atoms with Crippen LogP contribution in [-0.4, -0.2) is 54.3 Å². The molecule has 1 fully saturated rings. The van der Waals surface area contributed by atoms with E-state index in [0.717, 1.165) is 38.2 Å². The van der Waals surface area contributed by atoms with E-state index in [1.165, 1.54) is 0 Å². The molecular formula is C13H20ClN3O. The average Bonchev–Trinajstić information content (AvgIpc) is 2.39. The van der Waals surface area contributed by atoms with E-state index in [1.54, 1.807) is 6.20 Å². The molecule has 4 nitrogen and oxygen atoms in total. The van der Waals surface area contributed by atoms with E-state index < -0.39 is 0 Å². The molecule has 0 spiro atoms. The Labute approximate surface area is 113 Å². The van der Waals surface area contributed by atoms with Crippen molar-refractivity contribution in [3.8, 4) is 0 Å². The summed E-state index contributed by atoms with van der Waals surface area (Å²) in [6, 6.07) is 4.49. The van der Waals surface area contributed by atoms with Gasteiger partial charge in [-0.25, -0.2) is 4.98 Å². The fourth-order valence-corrected chi connectivity index (χ4v) is 2.66. The Morgan fingerprint density at radius 1 is 1.50 bits per heavy atom. The van der Waals surface area contributed by atoms with Crippen molar-refractivity contribution in [2.75, 3.05) is 38.2 Å². The quantitative estimate of drug-likeness (QED) is 0.844. The van der Waals surface area contributed by atoms with Crippen LogP contribution in [0.2, 0.25) is 5.15 Å². The average molecular weight is 270 g/mol. The first-order valence-electron chi connectivity index (χ1n) is 6.38. The summed E-state index contributed by atoms with van der Waals surface area (Å²) in [6.45, 7) is 3.05. The fourth-order valence-electron chi connectivity index (χ4n) is 2.49. The molecule has 0 atom stereocenters. The van der Waals surface area contributed by atoms with Crippen LogP contribution in [0.1, 0.15) is 12.8 Å². The number of aromatic nitrogens is 1. The van der Waals surface area contributed by atoms with Gasteiger partial charge in [-0.1, -0.05) is 11.6 Å². The minimum absolute atomic E-state index is 0.233. The van der Waals surface area contributed by atoms with Gasteiger partial charge in [-0.2, -0.15) is 0 Å². The van der Waals surface area contributed by atoms with Crippen molar-refractivity contribution >= 4 is 17.3 Å². The van der Waals surface area contributed by atoms with Crippen LogP contribution in [0.3, 0.4) is 0 Å². The van der Waals surface area contributed by atoms with Crippen molar-refractivity contribution in [3.05, 3.63) is 23.5 Å². The number of nitrogens with zero attached hydrogens (tertiary/aromatic N) is 3. The molecule has 2 heterocycles. The van der Waals surface area contributed by atoms with Gasteiger partial charge in [0.1, 0.15) is 5.15 Å². The van der Waals surface area contributed by atoms with Gasteiger partial charge < -0.3 is 14.9 Å². The van der Waals surface area contributed by atoms with E-state index in [4.69, 9.17) is 16.7 Å². The van der Waals surface area contributed by atoms with E-state index in [1.807, 2.05) is 12.1 Å². The molecule has 1 saturated heterocycles. The van der Waals surface area contributed by atoms with Gasteiger partial charge in [0.25, 0.3) is 0 Å². The minimum atomic E-state index is 0.233. The van der Waals surface area contributed by atoms with Gasteiger partial charge in [0.15, 0.2) is 0 Å². The highest BCUT2D eigenvalue weighted by molar-refractivity contribution is 6.29. The number of halogens is 1.